The summed E-state index contributed by atoms with van der Waals surface area (Å²) in [5, 5.41) is 15.9. The Balaban J connectivity index is 2.93. The summed E-state index contributed by atoms with van der Waals surface area (Å²) in [4.78, 5) is 20.7. The molecule has 0 atom stereocenters. The molecule has 13 heavy (non-hydrogen) atoms. The number of carbonyl (C=O) groups excluding carboxylic acids is 1. The van der Waals surface area contributed by atoms with Gasteiger partial charge in [0.25, 0.3) is 5.91 Å². The van der Waals surface area contributed by atoms with Crippen LogP contribution >= 0.6 is 0 Å². The van der Waals surface area contributed by atoms with Crippen molar-refractivity contribution < 1.29 is 14.2 Å². The molecule has 0 bridgehead atoms. The maximum absolute atomic E-state index is 11.1. The van der Waals surface area contributed by atoms with Gasteiger partial charge in [-0.3, -0.25) is 14.9 Å². The monoisotopic (exact) mass is 185 g/mol. The Morgan fingerprint density at radius 1 is 1.85 bits per heavy atom. The summed E-state index contributed by atoms with van der Waals surface area (Å²) in [5.41, 5.74) is -0.724. The quantitative estimate of drug-likeness (QED) is 0.540. The molecule has 70 valence electrons. The van der Waals surface area contributed by atoms with Crippen LogP contribution in [-0.4, -0.2) is 22.5 Å². The van der Waals surface area contributed by atoms with E-state index in [2.05, 4.69) is 15.0 Å². The van der Waals surface area contributed by atoms with Crippen LogP contribution in [0.3, 0.4) is 0 Å². The molecule has 7 nitrogen and oxygen atoms in total. The van der Waals surface area contributed by atoms with Crippen LogP contribution in [0.5, 0.6) is 0 Å². The summed E-state index contributed by atoms with van der Waals surface area (Å²) >= 11 is 0. The predicted octanol–water partition coefficient (Wildman–Crippen LogP) is 0.333. The van der Waals surface area contributed by atoms with Gasteiger partial charge in [-0.05, 0) is 6.92 Å². The minimum Gasteiger partial charge on any atom is -0.356 e. The third kappa shape index (κ3) is 1.81. The first-order valence-electron chi connectivity index (χ1n) is 3.53. The van der Waals surface area contributed by atoms with Crippen LogP contribution in [0.4, 0.5) is 5.69 Å². The van der Waals surface area contributed by atoms with Crippen LogP contribution in [0.1, 0.15) is 17.4 Å². The first-order chi connectivity index (χ1) is 6.16. The fraction of sp³-hybridized carbons (Fsp3) is 0.333. The van der Waals surface area contributed by atoms with E-state index >= 15 is 0 Å². The summed E-state index contributed by atoms with van der Waals surface area (Å²) in [6.45, 7) is 2.08. The maximum atomic E-state index is 11.1. The van der Waals surface area contributed by atoms with E-state index in [-0.39, 0.29) is 5.69 Å². The van der Waals surface area contributed by atoms with Crippen molar-refractivity contribution in [1.29, 1.82) is 0 Å². The molecule has 1 aromatic heterocycles. The molecule has 0 aliphatic heterocycles. The second-order valence-corrected chi connectivity index (χ2v) is 2.16. The second-order valence-electron chi connectivity index (χ2n) is 2.16. The number of rotatable bonds is 3. The zero-order valence-electron chi connectivity index (χ0n) is 6.81. The van der Waals surface area contributed by atoms with E-state index in [1.54, 1.807) is 6.92 Å². The van der Waals surface area contributed by atoms with Gasteiger partial charge >= 0.3 is 5.69 Å². The SMILES string of the molecule is CCNC(=O)c1nocc1[N+](=O)[O-]. The van der Waals surface area contributed by atoms with Gasteiger partial charge in [-0.1, -0.05) is 5.16 Å². The minimum atomic E-state index is -0.721. The summed E-state index contributed by atoms with van der Waals surface area (Å²) in [7, 11) is 0. The number of nitro groups is 1. The molecule has 1 heterocycles. The van der Waals surface area contributed by atoms with Gasteiger partial charge < -0.3 is 9.84 Å². The number of carbonyl (C=O) groups is 1. The fourth-order valence-corrected chi connectivity index (χ4v) is 0.763. The van der Waals surface area contributed by atoms with Crippen LogP contribution in [-0.2, 0) is 0 Å². The average Bonchev–Trinajstić information content (AvgIpc) is 2.52. The molecule has 0 fully saturated rings. The highest BCUT2D eigenvalue weighted by Crippen LogP contribution is 2.15. The minimum absolute atomic E-state index is 0.299. The zero-order valence-corrected chi connectivity index (χ0v) is 6.81. The summed E-state index contributed by atoms with van der Waals surface area (Å²) in [6, 6.07) is 0. The van der Waals surface area contributed by atoms with Crippen LogP contribution in [0.15, 0.2) is 10.8 Å². The Morgan fingerprint density at radius 2 is 2.54 bits per heavy atom. The molecule has 0 saturated heterocycles. The van der Waals surface area contributed by atoms with E-state index < -0.39 is 16.5 Å². The van der Waals surface area contributed by atoms with Crippen LogP contribution < -0.4 is 5.32 Å². The van der Waals surface area contributed by atoms with Crippen molar-refractivity contribution in [2.75, 3.05) is 6.54 Å². The van der Waals surface area contributed by atoms with Crippen molar-refractivity contribution in [2.24, 2.45) is 0 Å². The van der Waals surface area contributed by atoms with Gasteiger partial charge in [0.05, 0.1) is 4.92 Å². The lowest BCUT2D eigenvalue weighted by molar-refractivity contribution is -0.385. The van der Waals surface area contributed by atoms with Crippen molar-refractivity contribution >= 4 is 11.6 Å². The highest BCUT2D eigenvalue weighted by molar-refractivity contribution is 5.95. The Labute approximate surface area is 72.9 Å². The number of hydrogen-bond donors (Lipinski definition) is 1. The normalized spacial score (nSPS) is 9.62. The Kier molecular flexibility index (Phi) is 2.58. The van der Waals surface area contributed by atoms with E-state index in [9.17, 15) is 14.9 Å². The Morgan fingerprint density at radius 3 is 3.08 bits per heavy atom. The molecular formula is C6H7N3O4. The standard InChI is InChI=1S/C6H7N3O4/c1-2-7-6(10)5-4(9(11)12)3-13-8-5/h3H,2H2,1H3,(H,7,10). The first kappa shape index (κ1) is 9.17. The smallest absolute Gasteiger partial charge is 0.341 e. The number of amides is 1. The summed E-state index contributed by atoms with van der Waals surface area (Å²) in [6.07, 6.45) is 0.824. The lowest BCUT2D eigenvalue weighted by Crippen LogP contribution is -2.23. The maximum Gasteiger partial charge on any atom is 0.341 e. The van der Waals surface area contributed by atoms with Gasteiger partial charge in [0.1, 0.15) is 0 Å². The van der Waals surface area contributed by atoms with E-state index in [1.165, 1.54) is 0 Å². The molecule has 0 saturated carbocycles. The van der Waals surface area contributed by atoms with E-state index in [0.717, 1.165) is 6.26 Å². The van der Waals surface area contributed by atoms with E-state index in [1.807, 2.05) is 0 Å². The molecule has 0 aromatic carbocycles. The summed E-state index contributed by atoms with van der Waals surface area (Å²) < 4.78 is 4.32. The molecule has 1 rings (SSSR count). The first-order valence-corrected chi connectivity index (χ1v) is 3.53. The lowest BCUT2D eigenvalue weighted by Gasteiger charge is -1.95. The van der Waals surface area contributed by atoms with Crippen molar-refractivity contribution in [3.8, 4) is 0 Å². The summed E-state index contributed by atoms with van der Waals surface area (Å²) in [5.74, 6) is -0.608. The molecule has 1 aromatic rings. The van der Waals surface area contributed by atoms with Crippen LogP contribution in [0, 0.1) is 10.1 Å². The Bertz CT molecular complexity index is 332. The molecule has 0 aliphatic rings. The van der Waals surface area contributed by atoms with Crippen molar-refractivity contribution in [3.63, 3.8) is 0 Å². The molecule has 0 unspecified atom stereocenters. The molecule has 0 radical (unpaired) electrons. The number of nitrogens with one attached hydrogen (secondary N) is 1. The topological polar surface area (TPSA) is 98.3 Å². The number of nitrogens with zero attached hydrogens (tertiary/aromatic N) is 2. The molecule has 0 aliphatic carbocycles. The lowest BCUT2D eigenvalue weighted by atomic mass is 10.3. The van der Waals surface area contributed by atoms with E-state index in [4.69, 9.17) is 0 Å². The van der Waals surface area contributed by atoms with Gasteiger partial charge in [-0.25, -0.2) is 0 Å². The second kappa shape index (κ2) is 3.65. The van der Waals surface area contributed by atoms with E-state index in [0.29, 0.717) is 6.54 Å². The van der Waals surface area contributed by atoms with Gasteiger partial charge in [-0.15, -0.1) is 0 Å². The highest BCUT2D eigenvalue weighted by Gasteiger charge is 2.24. The third-order valence-electron chi connectivity index (χ3n) is 1.30. The molecule has 1 amide bonds. The molecule has 0 spiro atoms. The zero-order chi connectivity index (χ0) is 9.84. The highest BCUT2D eigenvalue weighted by atomic mass is 16.6. The largest absolute Gasteiger partial charge is 0.356 e. The molecular weight excluding hydrogens is 178 g/mol. The number of aromatic nitrogens is 1. The van der Waals surface area contributed by atoms with Crippen molar-refractivity contribution in [2.45, 2.75) is 6.92 Å². The van der Waals surface area contributed by atoms with Gasteiger partial charge in [0.15, 0.2) is 0 Å². The van der Waals surface area contributed by atoms with Crippen molar-refractivity contribution in [3.05, 3.63) is 22.1 Å². The fourth-order valence-electron chi connectivity index (χ4n) is 0.763. The molecule has 7 heteroatoms. The third-order valence-corrected chi connectivity index (χ3v) is 1.30. The molecule has 1 N–H and O–H groups in total. The predicted molar refractivity (Wildman–Crippen MR) is 41.2 cm³/mol. The van der Waals surface area contributed by atoms with Crippen LogP contribution in [0.25, 0.3) is 0 Å². The van der Waals surface area contributed by atoms with Crippen molar-refractivity contribution in [1.82, 2.24) is 10.5 Å². The van der Waals surface area contributed by atoms with Gasteiger partial charge in [-0.2, -0.15) is 0 Å². The number of hydrogen-bond acceptors (Lipinski definition) is 5. The Hall–Kier alpha value is -1.92. The van der Waals surface area contributed by atoms with Gasteiger partial charge in [0, 0.05) is 6.54 Å². The van der Waals surface area contributed by atoms with Crippen LogP contribution in [0.2, 0.25) is 0 Å². The average molecular weight is 185 g/mol. The van der Waals surface area contributed by atoms with Gasteiger partial charge in [0.2, 0.25) is 12.0 Å².